The molecule has 3 aliphatic carbocycles. The Morgan fingerprint density at radius 1 is 1.06 bits per heavy atom. The van der Waals surface area contributed by atoms with E-state index in [1.165, 1.54) is 25.7 Å². The molecule has 4 atom stereocenters. The molecule has 0 heterocycles. The standard InChI is InChI=1S/C17H28O/c1-15(2)12-8-10-17(15,4)13(11-12)16(3)9-6-5-7-14(16)18/h12-13H,5-11H2,1-4H3/t12-,13+,16?,17+/m0/s1. The van der Waals surface area contributed by atoms with E-state index in [0.717, 1.165) is 25.2 Å². The second kappa shape index (κ2) is 3.61. The average molecular weight is 248 g/mol. The van der Waals surface area contributed by atoms with E-state index in [-0.39, 0.29) is 5.41 Å². The second-order valence-corrected chi connectivity index (χ2v) is 8.21. The largest absolute Gasteiger partial charge is 0.299 e. The van der Waals surface area contributed by atoms with Gasteiger partial charge in [-0.15, -0.1) is 0 Å². The van der Waals surface area contributed by atoms with Gasteiger partial charge in [0.25, 0.3) is 0 Å². The van der Waals surface area contributed by atoms with Crippen LogP contribution in [0.1, 0.15) is 72.6 Å². The van der Waals surface area contributed by atoms with E-state index < -0.39 is 0 Å². The minimum absolute atomic E-state index is 0.000556. The molecule has 3 rings (SSSR count). The third-order valence-electron chi connectivity index (χ3n) is 7.55. The summed E-state index contributed by atoms with van der Waals surface area (Å²) in [6, 6.07) is 0. The monoisotopic (exact) mass is 248 g/mol. The molecule has 0 aromatic rings. The summed E-state index contributed by atoms with van der Waals surface area (Å²) in [4.78, 5) is 12.5. The molecule has 1 nitrogen and oxygen atoms in total. The molecular weight excluding hydrogens is 220 g/mol. The summed E-state index contributed by atoms with van der Waals surface area (Å²) in [5, 5.41) is 0. The summed E-state index contributed by atoms with van der Waals surface area (Å²) < 4.78 is 0. The molecule has 3 saturated carbocycles. The van der Waals surface area contributed by atoms with E-state index in [2.05, 4.69) is 27.7 Å². The Kier molecular flexibility index (Phi) is 2.55. The van der Waals surface area contributed by atoms with Crippen LogP contribution in [0.2, 0.25) is 0 Å². The predicted molar refractivity (Wildman–Crippen MR) is 74.3 cm³/mol. The molecule has 0 saturated heterocycles. The Morgan fingerprint density at radius 3 is 2.28 bits per heavy atom. The van der Waals surface area contributed by atoms with E-state index >= 15 is 0 Å². The van der Waals surface area contributed by atoms with Gasteiger partial charge in [0.05, 0.1) is 0 Å². The number of fused-ring (bicyclic) bond motifs is 2. The third kappa shape index (κ3) is 1.31. The highest BCUT2D eigenvalue weighted by Crippen LogP contribution is 2.72. The second-order valence-electron chi connectivity index (χ2n) is 8.21. The Hall–Kier alpha value is -0.330. The molecule has 2 bridgehead atoms. The molecule has 0 spiro atoms. The lowest BCUT2D eigenvalue weighted by atomic mass is 9.55. The zero-order valence-corrected chi connectivity index (χ0v) is 12.5. The fraction of sp³-hybridized carbons (Fsp3) is 0.941. The number of hydrogen-bond acceptors (Lipinski definition) is 1. The lowest BCUT2D eigenvalue weighted by Crippen LogP contribution is -2.46. The topological polar surface area (TPSA) is 17.1 Å². The van der Waals surface area contributed by atoms with Gasteiger partial charge in [-0.3, -0.25) is 4.79 Å². The van der Waals surface area contributed by atoms with E-state index in [1.807, 2.05) is 0 Å². The lowest BCUT2D eigenvalue weighted by Gasteiger charge is -2.49. The van der Waals surface area contributed by atoms with Crippen LogP contribution < -0.4 is 0 Å². The minimum atomic E-state index is -0.000556. The van der Waals surface area contributed by atoms with E-state index in [9.17, 15) is 4.79 Å². The molecule has 18 heavy (non-hydrogen) atoms. The lowest BCUT2D eigenvalue weighted by molar-refractivity contribution is -0.138. The molecule has 0 aromatic carbocycles. The summed E-state index contributed by atoms with van der Waals surface area (Å²) in [5.41, 5.74) is 0.845. The van der Waals surface area contributed by atoms with Crippen LogP contribution in [0.3, 0.4) is 0 Å². The van der Waals surface area contributed by atoms with Crippen molar-refractivity contribution in [2.75, 3.05) is 0 Å². The van der Waals surface area contributed by atoms with Crippen LogP contribution in [0.25, 0.3) is 0 Å². The van der Waals surface area contributed by atoms with Crippen molar-refractivity contribution in [1.82, 2.24) is 0 Å². The van der Waals surface area contributed by atoms with Crippen LogP contribution in [0.15, 0.2) is 0 Å². The first-order valence-electron chi connectivity index (χ1n) is 7.86. The average Bonchev–Trinajstić information content (AvgIpc) is 2.65. The van der Waals surface area contributed by atoms with Crippen LogP contribution in [0, 0.1) is 28.1 Å². The maximum Gasteiger partial charge on any atom is 0.139 e. The van der Waals surface area contributed by atoms with Crippen molar-refractivity contribution in [2.45, 2.75) is 72.6 Å². The Balaban J connectivity index is 1.97. The molecule has 0 aromatic heterocycles. The van der Waals surface area contributed by atoms with Crippen LogP contribution in [0.4, 0.5) is 0 Å². The highest BCUT2D eigenvalue weighted by Gasteiger charge is 2.66. The summed E-state index contributed by atoms with van der Waals surface area (Å²) in [6.07, 6.45) is 8.43. The number of carbonyl (C=O) groups is 1. The number of rotatable bonds is 1. The Morgan fingerprint density at radius 2 is 1.78 bits per heavy atom. The first-order chi connectivity index (χ1) is 8.32. The Bertz CT molecular complexity index is 383. The predicted octanol–water partition coefficient (Wildman–Crippen LogP) is 4.60. The highest BCUT2D eigenvalue weighted by molar-refractivity contribution is 5.85. The van der Waals surface area contributed by atoms with Gasteiger partial charge in [0.2, 0.25) is 0 Å². The van der Waals surface area contributed by atoms with Crippen molar-refractivity contribution in [2.24, 2.45) is 28.1 Å². The van der Waals surface area contributed by atoms with Crippen molar-refractivity contribution in [3.8, 4) is 0 Å². The molecule has 0 N–H and O–H groups in total. The molecule has 1 unspecified atom stereocenters. The zero-order chi connectivity index (χ0) is 13.2. The van der Waals surface area contributed by atoms with Crippen LogP contribution in [-0.2, 0) is 4.79 Å². The zero-order valence-electron chi connectivity index (χ0n) is 12.5. The van der Waals surface area contributed by atoms with Gasteiger partial charge >= 0.3 is 0 Å². The molecule has 102 valence electrons. The first-order valence-corrected chi connectivity index (χ1v) is 7.86. The van der Waals surface area contributed by atoms with Gasteiger partial charge in [-0.2, -0.15) is 0 Å². The number of ketones is 1. The highest BCUT2D eigenvalue weighted by atomic mass is 16.1. The summed E-state index contributed by atoms with van der Waals surface area (Å²) in [7, 11) is 0. The van der Waals surface area contributed by atoms with Gasteiger partial charge in [0, 0.05) is 11.8 Å². The van der Waals surface area contributed by atoms with E-state index in [4.69, 9.17) is 0 Å². The summed E-state index contributed by atoms with van der Waals surface area (Å²) in [5.74, 6) is 2.08. The molecule has 3 fully saturated rings. The van der Waals surface area contributed by atoms with Crippen LogP contribution in [0.5, 0.6) is 0 Å². The van der Waals surface area contributed by atoms with Crippen molar-refractivity contribution in [3.63, 3.8) is 0 Å². The van der Waals surface area contributed by atoms with Gasteiger partial charge in [-0.1, -0.05) is 34.1 Å². The van der Waals surface area contributed by atoms with Crippen molar-refractivity contribution >= 4 is 5.78 Å². The minimum Gasteiger partial charge on any atom is -0.299 e. The molecule has 0 aliphatic heterocycles. The number of hydrogen-bond donors (Lipinski definition) is 0. The van der Waals surface area contributed by atoms with Gasteiger partial charge in [0.1, 0.15) is 5.78 Å². The smallest absolute Gasteiger partial charge is 0.139 e. The van der Waals surface area contributed by atoms with Crippen molar-refractivity contribution in [3.05, 3.63) is 0 Å². The summed E-state index contributed by atoms with van der Waals surface area (Å²) in [6.45, 7) is 9.70. The SMILES string of the molecule is CC1([C@H]2C[C@@H]3CC[C@@]2(C)C3(C)C)CCCCC1=O. The van der Waals surface area contributed by atoms with Crippen LogP contribution >= 0.6 is 0 Å². The number of carbonyl (C=O) groups excluding carboxylic acids is 1. The third-order valence-corrected chi connectivity index (χ3v) is 7.55. The first kappa shape index (κ1) is 12.7. The fourth-order valence-corrected chi connectivity index (χ4v) is 5.74. The summed E-state index contributed by atoms with van der Waals surface area (Å²) >= 11 is 0. The molecule has 3 aliphatic rings. The maximum absolute atomic E-state index is 12.5. The molecule has 0 amide bonds. The molecule has 1 heteroatoms. The van der Waals surface area contributed by atoms with Crippen molar-refractivity contribution < 1.29 is 4.79 Å². The quantitative estimate of drug-likeness (QED) is 0.663. The van der Waals surface area contributed by atoms with Gasteiger partial charge < -0.3 is 0 Å². The van der Waals surface area contributed by atoms with Crippen LogP contribution in [-0.4, -0.2) is 5.78 Å². The normalized spacial score (nSPS) is 50.8. The maximum atomic E-state index is 12.5. The van der Waals surface area contributed by atoms with Gasteiger partial charge in [-0.05, 0) is 54.8 Å². The fourth-order valence-electron chi connectivity index (χ4n) is 5.74. The van der Waals surface area contributed by atoms with Gasteiger partial charge in [-0.25, -0.2) is 0 Å². The van der Waals surface area contributed by atoms with Crippen molar-refractivity contribution in [1.29, 1.82) is 0 Å². The van der Waals surface area contributed by atoms with Gasteiger partial charge in [0.15, 0.2) is 0 Å². The van der Waals surface area contributed by atoms with E-state index in [1.54, 1.807) is 0 Å². The number of Topliss-reactive ketones (excluding diaryl/α,β-unsaturated/α-hetero) is 1. The Labute approximate surface area is 112 Å². The van der Waals surface area contributed by atoms with E-state index in [0.29, 0.717) is 22.5 Å². The molecular formula is C17H28O. The molecule has 0 radical (unpaired) electrons.